The average Bonchev–Trinajstić information content (AvgIpc) is 2.86. The van der Waals surface area contributed by atoms with Gasteiger partial charge in [-0.15, -0.1) is 12.4 Å². The van der Waals surface area contributed by atoms with Crippen LogP contribution in [0.4, 0.5) is 0 Å². The van der Waals surface area contributed by atoms with E-state index in [0.29, 0.717) is 18.9 Å². The number of hydrogen-bond donors (Lipinski definition) is 2. The highest BCUT2D eigenvalue weighted by Crippen LogP contribution is 2.26. The van der Waals surface area contributed by atoms with Crippen LogP contribution in [-0.4, -0.2) is 21.7 Å². The summed E-state index contributed by atoms with van der Waals surface area (Å²) < 4.78 is 1.77. The van der Waals surface area contributed by atoms with Gasteiger partial charge < -0.3 is 11.1 Å². The van der Waals surface area contributed by atoms with Gasteiger partial charge >= 0.3 is 0 Å². The Morgan fingerprint density at radius 1 is 1.61 bits per heavy atom. The first-order valence-corrected chi connectivity index (χ1v) is 6.16. The Hall–Kier alpha value is -1.07. The molecule has 2 rings (SSSR count). The van der Waals surface area contributed by atoms with E-state index >= 15 is 0 Å². The first-order valence-electron chi connectivity index (χ1n) is 6.16. The van der Waals surface area contributed by atoms with Gasteiger partial charge in [0.15, 0.2) is 0 Å². The molecule has 1 heterocycles. The number of halogens is 1. The van der Waals surface area contributed by atoms with Gasteiger partial charge in [-0.05, 0) is 24.8 Å². The van der Waals surface area contributed by atoms with Gasteiger partial charge in [-0.1, -0.05) is 6.42 Å². The molecule has 1 saturated carbocycles. The van der Waals surface area contributed by atoms with Crippen molar-refractivity contribution >= 4 is 18.3 Å². The van der Waals surface area contributed by atoms with Gasteiger partial charge in [-0.2, -0.15) is 5.10 Å². The Morgan fingerprint density at radius 2 is 2.39 bits per heavy atom. The summed E-state index contributed by atoms with van der Waals surface area (Å²) in [6, 6.07) is 2.11. The topological polar surface area (TPSA) is 72.9 Å². The molecule has 0 spiro atoms. The van der Waals surface area contributed by atoms with Crippen molar-refractivity contribution in [2.45, 2.75) is 38.3 Å². The summed E-state index contributed by atoms with van der Waals surface area (Å²) in [6.07, 6.45) is 5.58. The first-order chi connectivity index (χ1) is 8.16. The van der Waals surface area contributed by atoms with Crippen LogP contribution in [0.25, 0.3) is 0 Å². The molecule has 0 aromatic carbocycles. The number of hydrogen-bond acceptors (Lipinski definition) is 3. The quantitative estimate of drug-likeness (QED) is 0.858. The zero-order valence-electron chi connectivity index (χ0n) is 10.6. The SMILES string of the molecule is Cl.Cn1nccc1CNC(=O)C[C@@H]1CCC[C@H]1N. The molecular weight excluding hydrogens is 252 g/mol. The standard InChI is InChI=1S/C12H20N4O.ClH/c1-16-10(5-6-15-16)8-14-12(17)7-9-3-2-4-11(9)13;/h5-6,9,11H,2-4,7-8,13H2,1H3,(H,14,17);1H/t9-,11+;/m0./s1. The summed E-state index contributed by atoms with van der Waals surface area (Å²) in [4.78, 5) is 11.8. The molecule has 0 unspecified atom stereocenters. The smallest absolute Gasteiger partial charge is 0.220 e. The van der Waals surface area contributed by atoms with Gasteiger partial charge in [0.05, 0.1) is 12.2 Å². The molecule has 1 aromatic rings. The van der Waals surface area contributed by atoms with Crippen LogP contribution in [0, 0.1) is 5.92 Å². The molecule has 0 radical (unpaired) electrons. The zero-order chi connectivity index (χ0) is 12.3. The van der Waals surface area contributed by atoms with Crippen molar-refractivity contribution in [3.05, 3.63) is 18.0 Å². The minimum atomic E-state index is 0. The highest BCUT2D eigenvalue weighted by atomic mass is 35.5. The van der Waals surface area contributed by atoms with Gasteiger partial charge in [0, 0.05) is 25.7 Å². The van der Waals surface area contributed by atoms with E-state index in [-0.39, 0.29) is 24.4 Å². The molecule has 1 aliphatic rings. The number of nitrogens with two attached hydrogens (primary N) is 1. The minimum absolute atomic E-state index is 0. The van der Waals surface area contributed by atoms with E-state index in [4.69, 9.17) is 5.73 Å². The van der Waals surface area contributed by atoms with Crippen LogP contribution >= 0.6 is 12.4 Å². The maximum absolute atomic E-state index is 11.8. The average molecular weight is 273 g/mol. The van der Waals surface area contributed by atoms with Crippen LogP contribution < -0.4 is 11.1 Å². The van der Waals surface area contributed by atoms with Crippen LogP contribution in [-0.2, 0) is 18.4 Å². The lowest BCUT2D eigenvalue weighted by molar-refractivity contribution is -0.122. The van der Waals surface area contributed by atoms with Gasteiger partial charge in [-0.25, -0.2) is 0 Å². The van der Waals surface area contributed by atoms with Gasteiger partial charge in [0.25, 0.3) is 0 Å². The summed E-state index contributed by atoms with van der Waals surface area (Å²) in [6.45, 7) is 0.539. The van der Waals surface area contributed by atoms with Crippen LogP contribution in [0.2, 0.25) is 0 Å². The second-order valence-corrected chi connectivity index (χ2v) is 4.78. The molecule has 0 saturated heterocycles. The third-order valence-electron chi connectivity index (χ3n) is 3.55. The van der Waals surface area contributed by atoms with Crippen LogP contribution in [0.15, 0.2) is 12.3 Å². The van der Waals surface area contributed by atoms with E-state index in [2.05, 4.69) is 10.4 Å². The molecule has 1 aromatic heterocycles. The maximum atomic E-state index is 11.8. The predicted molar refractivity (Wildman–Crippen MR) is 72.2 cm³/mol. The Bertz CT molecular complexity index is 393. The highest BCUT2D eigenvalue weighted by Gasteiger charge is 2.25. The number of nitrogens with zero attached hydrogens (tertiary/aromatic N) is 2. The van der Waals surface area contributed by atoms with Crippen molar-refractivity contribution in [2.75, 3.05) is 0 Å². The van der Waals surface area contributed by atoms with Gasteiger partial charge in [0.1, 0.15) is 0 Å². The number of carbonyl (C=O) groups is 1. The number of aromatic nitrogens is 2. The molecule has 1 amide bonds. The lowest BCUT2D eigenvalue weighted by Gasteiger charge is -2.14. The Morgan fingerprint density at radius 3 is 2.94 bits per heavy atom. The van der Waals surface area contributed by atoms with Crippen molar-refractivity contribution in [3.63, 3.8) is 0 Å². The molecule has 2 atom stereocenters. The fourth-order valence-corrected chi connectivity index (χ4v) is 2.39. The Kier molecular flexibility index (Phi) is 5.62. The van der Waals surface area contributed by atoms with E-state index in [1.165, 1.54) is 0 Å². The van der Waals surface area contributed by atoms with E-state index in [1.807, 2.05) is 13.1 Å². The summed E-state index contributed by atoms with van der Waals surface area (Å²) in [7, 11) is 1.87. The molecule has 0 aliphatic heterocycles. The molecular formula is C12H21ClN4O. The number of aryl methyl sites for hydroxylation is 1. The van der Waals surface area contributed by atoms with Crippen LogP contribution in [0.3, 0.4) is 0 Å². The molecule has 1 fully saturated rings. The van der Waals surface area contributed by atoms with Crippen LogP contribution in [0.1, 0.15) is 31.4 Å². The van der Waals surface area contributed by atoms with E-state index < -0.39 is 0 Å². The molecule has 3 N–H and O–H groups in total. The minimum Gasteiger partial charge on any atom is -0.350 e. The van der Waals surface area contributed by atoms with E-state index in [1.54, 1.807) is 10.9 Å². The molecule has 5 nitrogen and oxygen atoms in total. The Balaban J connectivity index is 0.00000162. The first kappa shape index (κ1) is 15.0. The van der Waals surface area contributed by atoms with Crippen LogP contribution in [0.5, 0.6) is 0 Å². The third kappa shape index (κ3) is 3.71. The van der Waals surface area contributed by atoms with Gasteiger partial charge in [0.2, 0.25) is 5.91 Å². The molecule has 1 aliphatic carbocycles. The van der Waals surface area contributed by atoms with Crippen molar-refractivity contribution in [2.24, 2.45) is 18.7 Å². The van der Waals surface area contributed by atoms with Crippen molar-refractivity contribution in [1.29, 1.82) is 0 Å². The maximum Gasteiger partial charge on any atom is 0.220 e. The van der Waals surface area contributed by atoms with Gasteiger partial charge in [-0.3, -0.25) is 9.48 Å². The molecule has 6 heteroatoms. The number of nitrogens with one attached hydrogen (secondary N) is 1. The van der Waals surface area contributed by atoms with E-state index in [9.17, 15) is 4.79 Å². The third-order valence-corrected chi connectivity index (χ3v) is 3.55. The fourth-order valence-electron chi connectivity index (χ4n) is 2.39. The predicted octanol–water partition coefficient (Wildman–Crippen LogP) is 0.976. The molecule has 18 heavy (non-hydrogen) atoms. The molecule has 102 valence electrons. The lowest BCUT2D eigenvalue weighted by Crippen LogP contribution is -2.31. The summed E-state index contributed by atoms with van der Waals surface area (Å²) in [5.74, 6) is 0.454. The largest absolute Gasteiger partial charge is 0.350 e. The fraction of sp³-hybridized carbons (Fsp3) is 0.667. The zero-order valence-corrected chi connectivity index (χ0v) is 11.4. The highest BCUT2D eigenvalue weighted by molar-refractivity contribution is 5.85. The second-order valence-electron chi connectivity index (χ2n) is 4.78. The Labute approximate surface area is 114 Å². The van der Waals surface area contributed by atoms with Crippen molar-refractivity contribution in [3.8, 4) is 0 Å². The van der Waals surface area contributed by atoms with E-state index in [0.717, 1.165) is 25.0 Å². The molecule has 0 bridgehead atoms. The van der Waals surface area contributed by atoms with Crippen molar-refractivity contribution in [1.82, 2.24) is 15.1 Å². The number of carbonyl (C=O) groups excluding carboxylic acids is 1. The summed E-state index contributed by atoms with van der Waals surface area (Å²) in [5.41, 5.74) is 6.96. The van der Waals surface area contributed by atoms with Crippen molar-refractivity contribution < 1.29 is 4.79 Å². The second kappa shape index (κ2) is 6.75. The lowest BCUT2D eigenvalue weighted by atomic mass is 10.00. The summed E-state index contributed by atoms with van der Waals surface area (Å²) >= 11 is 0. The number of amides is 1. The summed E-state index contributed by atoms with van der Waals surface area (Å²) in [5, 5.41) is 6.97. The monoisotopic (exact) mass is 272 g/mol. The normalized spacial score (nSPS) is 22.6. The number of rotatable bonds is 4.